The molecule has 48 heavy (non-hydrogen) atoms. The van der Waals surface area contributed by atoms with E-state index in [9.17, 15) is 4.79 Å². The standard InChI is InChI=1S/C40H44N6O2/c47-39(43-33-13-11-31(12-14-33)36-23-35-37(44-36)41-28-42-38(35)45-19-21-48-22-20-45)32-15-17-40(18-16-32)24-34(25-40)46(26-29-7-3-1-4-8-29)27-30-9-5-2-6-10-30/h1-14,23,28,32,34H,15-22,24-27H2,(H,43,47)(H,41,42,44). The van der Waals surface area contributed by atoms with Crippen molar-refractivity contribution >= 4 is 28.4 Å². The van der Waals surface area contributed by atoms with Gasteiger partial charge in [0.25, 0.3) is 0 Å². The molecule has 3 fully saturated rings. The summed E-state index contributed by atoms with van der Waals surface area (Å²) in [5, 5.41) is 4.23. The normalized spacial score (nSPS) is 22.6. The first kappa shape index (κ1) is 30.8. The summed E-state index contributed by atoms with van der Waals surface area (Å²) < 4.78 is 5.52. The average molecular weight is 641 g/mol. The van der Waals surface area contributed by atoms with Crippen LogP contribution >= 0.6 is 0 Å². The Morgan fingerprint density at radius 2 is 1.52 bits per heavy atom. The van der Waals surface area contributed by atoms with Crippen molar-refractivity contribution in [1.29, 1.82) is 0 Å². The number of benzene rings is 3. The monoisotopic (exact) mass is 640 g/mol. The van der Waals surface area contributed by atoms with Gasteiger partial charge >= 0.3 is 0 Å². The molecule has 8 nitrogen and oxygen atoms in total. The molecule has 0 unspecified atom stereocenters. The number of H-pyrrole nitrogens is 1. The van der Waals surface area contributed by atoms with Crippen LogP contribution < -0.4 is 10.2 Å². The molecule has 2 N–H and O–H groups in total. The summed E-state index contributed by atoms with van der Waals surface area (Å²) >= 11 is 0. The number of nitrogens with zero attached hydrogens (tertiary/aromatic N) is 4. The van der Waals surface area contributed by atoms with Gasteiger partial charge in [0.15, 0.2) is 0 Å². The van der Waals surface area contributed by atoms with Crippen molar-refractivity contribution in [1.82, 2.24) is 19.9 Å². The van der Waals surface area contributed by atoms with Crippen LogP contribution in [-0.2, 0) is 22.6 Å². The summed E-state index contributed by atoms with van der Waals surface area (Å²) in [5.74, 6) is 1.17. The van der Waals surface area contributed by atoms with Crippen LogP contribution in [0.4, 0.5) is 11.5 Å². The van der Waals surface area contributed by atoms with E-state index in [-0.39, 0.29) is 11.8 Å². The lowest BCUT2D eigenvalue weighted by atomic mass is 9.56. The van der Waals surface area contributed by atoms with Crippen molar-refractivity contribution in [3.8, 4) is 11.3 Å². The van der Waals surface area contributed by atoms with E-state index in [4.69, 9.17) is 4.74 Å². The zero-order chi connectivity index (χ0) is 32.3. The van der Waals surface area contributed by atoms with Crippen molar-refractivity contribution < 1.29 is 9.53 Å². The van der Waals surface area contributed by atoms with Crippen molar-refractivity contribution in [3.63, 3.8) is 0 Å². The molecule has 0 radical (unpaired) electrons. The summed E-state index contributed by atoms with van der Waals surface area (Å²) in [5.41, 5.74) is 6.84. The fourth-order valence-corrected chi connectivity index (χ4v) is 8.14. The minimum absolute atomic E-state index is 0.0741. The molecule has 2 aromatic heterocycles. The maximum absolute atomic E-state index is 13.4. The molecule has 8 rings (SSSR count). The number of hydrogen-bond acceptors (Lipinski definition) is 6. The summed E-state index contributed by atoms with van der Waals surface area (Å²) in [6.45, 7) is 5.02. The molecule has 3 aromatic carbocycles. The zero-order valence-corrected chi connectivity index (χ0v) is 27.5. The van der Waals surface area contributed by atoms with Crippen LogP contribution in [0, 0.1) is 11.3 Å². The van der Waals surface area contributed by atoms with E-state index in [0.717, 1.165) is 85.7 Å². The number of aromatic amines is 1. The highest BCUT2D eigenvalue weighted by Gasteiger charge is 2.48. The number of carbonyl (C=O) groups is 1. The predicted octanol–water partition coefficient (Wildman–Crippen LogP) is 7.44. The fourth-order valence-electron chi connectivity index (χ4n) is 8.14. The maximum Gasteiger partial charge on any atom is 0.227 e. The Balaban J connectivity index is 0.860. The van der Waals surface area contributed by atoms with Gasteiger partial charge in [-0.25, -0.2) is 9.97 Å². The molecule has 0 atom stereocenters. The van der Waals surface area contributed by atoms with Crippen LogP contribution in [0.2, 0.25) is 0 Å². The molecule has 8 heteroatoms. The predicted molar refractivity (Wildman–Crippen MR) is 191 cm³/mol. The second-order valence-corrected chi connectivity index (χ2v) is 14.0. The molecule has 1 spiro atoms. The molecule has 1 aliphatic heterocycles. The highest BCUT2D eigenvalue weighted by Crippen LogP contribution is 2.54. The van der Waals surface area contributed by atoms with Gasteiger partial charge in [-0.3, -0.25) is 9.69 Å². The molecular weight excluding hydrogens is 596 g/mol. The number of anilines is 2. The Labute approximate surface area is 282 Å². The third-order valence-electron chi connectivity index (χ3n) is 10.9. The highest BCUT2D eigenvalue weighted by molar-refractivity contribution is 5.94. The second kappa shape index (κ2) is 13.5. The molecule has 3 heterocycles. The van der Waals surface area contributed by atoms with E-state index >= 15 is 0 Å². The summed E-state index contributed by atoms with van der Waals surface area (Å²) in [7, 11) is 0. The van der Waals surface area contributed by atoms with E-state index in [2.05, 4.69) is 109 Å². The van der Waals surface area contributed by atoms with Gasteiger partial charge in [-0.15, -0.1) is 0 Å². The molecule has 5 aromatic rings. The number of nitrogens with one attached hydrogen (secondary N) is 2. The number of carbonyl (C=O) groups excluding carboxylic acids is 1. The molecule has 246 valence electrons. The lowest BCUT2D eigenvalue weighted by Gasteiger charge is -2.55. The van der Waals surface area contributed by atoms with Crippen LogP contribution in [0.15, 0.2) is 97.3 Å². The number of ether oxygens (including phenoxy) is 1. The minimum Gasteiger partial charge on any atom is -0.378 e. The quantitative estimate of drug-likeness (QED) is 0.174. The summed E-state index contributed by atoms with van der Waals surface area (Å²) in [6, 6.07) is 32.5. The fraction of sp³-hybridized carbons (Fsp3) is 0.375. The van der Waals surface area contributed by atoms with Gasteiger partial charge in [0.2, 0.25) is 5.91 Å². The van der Waals surface area contributed by atoms with Crippen LogP contribution in [-0.4, -0.2) is 58.1 Å². The SMILES string of the molecule is O=C(Nc1ccc(-c2cc3c(N4CCOCC4)ncnc3[nH]2)cc1)C1CCC2(CC1)CC(N(Cc1ccccc1)Cc1ccccc1)C2. The molecule has 2 saturated carbocycles. The van der Waals surface area contributed by atoms with E-state index in [1.54, 1.807) is 6.33 Å². The third kappa shape index (κ3) is 6.60. The smallest absolute Gasteiger partial charge is 0.227 e. The highest BCUT2D eigenvalue weighted by atomic mass is 16.5. The van der Waals surface area contributed by atoms with Gasteiger partial charge < -0.3 is 19.9 Å². The first-order chi connectivity index (χ1) is 23.6. The van der Waals surface area contributed by atoms with Gasteiger partial charge in [0.05, 0.1) is 18.6 Å². The molecule has 1 saturated heterocycles. The lowest BCUT2D eigenvalue weighted by molar-refractivity contribution is -0.123. The maximum atomic E-state index is 13.4. The lowest BCUT2D eigenvalue weighted by Crippen LogP contribution is -2.52. The minimum atomic E-state index is 0.0741. The van der Waals surface area contributed by atoms with E-state index in [1.165, 1.54) is 24.0 Å². The van der Waals surface area contributed by atoms with Gasteiger partial charge in [-0.05, 0) is 78.8 Å². The van der Waals surface area contributed by atoms with Crippen molar-refractivity contribution in [2.45, 2.75) is 57.7 Å². The first-order valence-corrected chi connectivity index (χ1v) is 17.5. The Morgan fingerprint density at radius 1 is 0.875 bits per heavy atom. The zero-order valence-electron chi connectivity index (χ0n) is 27.5. The van der Waals surface area contributed by atoms with Crippen LogP contribution in [0.5, 0.6) is 0 Å². The van der Waals surface area contributed by atoms with Crippen molar-refractivity contribution in [2.24, 2.45) is 11.3 Å². The van der Waals surface area contributed by atoms with Crippen LogP contribution in [0.3, 0.4) is 0 Å². The number of rotatable bonds is 9. The average Bonchev–Trinajstić information content (AvgIpc) is 3.57. The summed E-state index contributed by atoms with van der Waals surface area (Å²) in [4.78, 5) is 30.8. The Kier molecular flexibility index (Phi) is 8.68. The second-order valence-electron chi connectivity index (χ2n) is 14.0. The number of amides is 1. The largest absolute Gasteiger partial charge is 0.378 e. The molecule has 0 bridgehead atoms. The molecular formula is C40H44N6O2. The van der Waals surface area contributed by atoms with Crippen LogP contribution in [0.25, 0.3) is 22.3 Å². The molecule has 2 aliphatic carbocycles. The van der Waals surface area contributed by atoms with E-state index in [0.29, 0.717) is 24.7 Å². The van der Waals surface area contributed by atoms with E-state index in [1.807, 2.05) is 12.1 Å². The summed E-state index contributed by atoms with van der Waals surface area (Å²) in [6.07, 6.45) is 8.30. The first-order valence-electron chi connectivity index (χ1n) is 17.5. The Morgan fingerprint density at radius 3 is 2.17 bits per heavy atom. The molecule has 3 aliphatic rings. The van der Waals surface area contributed by atoms with Gasteiger partial charge in [-0.1, -0.05) is 72.8 Å². The third-order valence-corrected chi connectivity index (χ3v) is 10.9. The number of hydrogen-bond donors (Lipinski definition) is 2. The Hall–Kier alpha value is -4.53. The van der Waals surface area contributed by atoms with Gasteiger partial charge in [0.1, 0.15) is 17.8 Å². The van der Waals surface area contributed by atoms with Crippen LogP contribution in [0.1, 0.15) is 49.7 Å². The van der Waals surface area contributed by atoms with E-state index < -0.39 is 0 Å². The van der Waals surface area contributed by atoms with Crippen molar-refractivity contribution in [3.05, 3.63) is 108 Å². The molecule has 1 amide bonds. The topological polar surface area (TPSA) is 86.4 Å². The van der Waals surface area contributed by atoms with Gasteiger partial charge in [0, 0.05) is 49.5 Å². The van der Waals surface area contributed by atoms with Crippen molar-refractivity contribution in [2.75, 3.05) is 36.5 Å². The number of morpholine rings is 1. The number of fused-ring (bicyclic) bond motifs is 1. The number of aromatic nitrogens is 3. The van der Waals surface area contributed by atoms with Gasteiger partial charge in [-0.2, -0.15) is 0 Å². The Bertz CT molecular complexity index is 1780.